The number of hydrogen-bond donors (Lipinski definition) is 1. The van der Waals surface area contributed by atoms with Gasteiger partial charge in [-0.05, 0) is 13.8 Å². The Morgan fingerprint density at radius 2 is 1.68 bits per heavy atom. The Balaban J connectivity index is 3.95. The second kappa shape index (κ2) is 6.03. The minimum atomic E-state index is -5.00. The number of nitrogens with zero attached hydrogens (tertiary/aromatic N) is 3. The number of rotatable bonds is 5. The van der Waals surface area contributed by atoms with Gasteiger partial charge in [-0.15, -0.1) is 0 Å². The highest BCUT2D eigenvalue weighted by Crippen LogP contribution is 2.48. The van der Waals surface area contributed by atoms with Gasteiger partial charge in [0.05, 0.1) is 15.4 Å². The molecule has 1 aromatic rings. The van der Waals surface area contributed by atoms with Gasteiger partial charge in [0, 0.05) is 19.2 Å². The van der Waals surface area contributed by atoms with Crippen molar-refractivity contribution in [2.24, 2.45) is 0 Å². The Morgan fingerprint density at radius 3 is 2.00 bits per heavy atom. The highest BCUT2D eigenvalue weighted by molar-refractivity contribution is 5.85. The third-order valence-electron chi connectivity index (χ3n) is 3.06. The van der Waals surface area contributed by atoms with E-state index < -0.39 is 44.3 Å². The first kappa shape index (κ1) is 17.5. The number of anilines is 2. The predicted molar refractivity (Wildman–Crippen MR) is 72.7 cm³/mol. The van der Waals surface area contributed by atoms with Gasteiger partial charge < -0.3 is 10.6 Å². The summed E-state index contributed by atoms with van der Waals surface area (Å²) in [6, 6.07) is 0.232. The number of nitrogen functional groups attached to an aromatic ring is 1. The smallest absolute Gasteiger partial charge is 0.387 e. The van der Waals surface area contributed by atoms with E-state index >= 15 is 0 Å². The Hall–Kier alpha value is -2.59. The molecule has 0 aliphatic carbocycles. The molecule has 0 radical (unpaired) electrons. The van der Waals surface area contributed by atoms with Gasteiger partial charge in [-0.1, -0.05) is 0 Å². The number of nitrogens with two attached hydrogens (primary N) is 1. The molecule has 0 heterocycles. The molecule has 0 bridgehead atoms. The van der Waals surface area contributed by atoms with Crippen molar-refractivity contribution in [3.05, 3.63) is 31.9 Å². The van der Waals surface area contributed by atoms with Crippen molar-refractivity contribution in [2.45, 2.75) is 20.0 Å². The second-order valence-electron chi connectivity index (χ2n) is 4.24. The Morgan fingerprint density at radius 1 is 1.18 bits per heavy atom. The Bertz CT molecular complexity index is 614. The maximum absolute atomic E-state index is 13.2. The quantitative estimate of drug-likeness (QED) is 0.506. The fourth-order valence-corrected chi connectivity index (χ4v) is 2.07. The van der Waals surface area contributed by atoms with Crippen molar-refractivity contribution in [1.29, 1.82) is 0 Å². The number of hydrogen-bond acceptors (Lipinski definition) is 6. The number of halogens is 3. The molecule has 2 N–H and O–H groups in total. The van der Waals surface area contributed by atoms with Gasteiger partial charge in [0.2, 0.25) is 0 Å². The van der Waals surface area contributed by atoms with Crippen LogP contribution in [-0.2, 0) is 6.18 Å². The summed E-state index contributed by atoms with van der Waals surface area (Å²) in [7, 11) is 0. The maximum Gasteiger partial charge on any atom is 0.418 e. The third kappa shape index (κ3) is 3.02. The number of alkyl halides is 3. The fourth-order valence-electron chi connectivity index (χ4n) is 2.07. The molecule has 0 saturated carbocycles. The van der Waals surface area contributed by atoms with Gasteiger partial charge in [-0.3, -0.25) is 20.2 Å². The summed E-state index contributed by atoms with van der Waals surface area (Å²) < 4.78 is 39.6. The molecule has 0 amide bonds. The lowest BCUT2D eigenvalue weighted by atomic mass is 10.1. The minimum absolute atomic E-state index is 0.0394. The average molecular weight is 322 g/mol. The normalized spacial score (nSPS) is 11.3. The van der Waals surface area contributed by atoms with E-state index in [0.29, 0.717) is 0 Å². The largest absolute Gasteiger partial charge is 0.418 e. The molecular weight excluding hydrogens is 309 g/mol. The summed E-state index contributed by atoms with van der Waals surface area (Å²) in [5.41, 5.74) is 0.00642. The van der Waals surface area contributed by atoms with Crippen LogP contribution < -0.4 is 10.6 Å². The molecule has 0 atom stereocenters. The zero-order valence-electron chi connectivity index (χ0n) is 11.7. The fraction of sp³-hybridized carbons (Fsp3) is 0.455. The summed E-state index contributed by atoms with van der Waals surface area (Å²) in [6.07, 6.45) is -5.00. The lowest BCUT2D eigenvalue weighted by molar-refractivity contribution is -0.392. The first-order valence-electron chi connectivity index (χ1n) is 6.13. The van der Waals surface area contributed by atoms with E-state index in [1.165, 1.54) is 13.8 Å². The van der Waals surface area contributed by atoms with Crippen LogP contribution in [0, 0.1) is 20.2 Å². The molecule has 0 unspecified atom stereocenters. The summed E-state index contributed by atoms with van der Waals surface area (Å²) in [6.45, 7) is 3.09. The van der Waals surface area contributed by atoms with Gasteiger partial charge in [0.1, 0.15) is 5.69 Å². The minimum Gasteiger partial charge on any atom is -0.387 e. The molecule has 122 valence electrons. The monoisotopic (exact) mass is 322 g/mol. The number of benzene rings is 1. The lowest BCUT2D eigenvalue weighted by Crippen LogP contribution is -2.27. The van der Waals surface area contributed by atoms with Crippen molar-refractivity contribution < 1.29 is 23.0 Å². The van der Waals surface area contributed by atoms with Gasteiger partial charge in [-0.2, -0.15) is 13.2 Å². The van der Waals surface area contributed by atoms with Crippen molar-refractivity contribution in [2.75, 3.05) is 23.7 Å². The van der Waals surface area contributed by atoms with E-state index in [1.54, 1.807) is 0 Å². The first-order chi connectivity index (χ1) is 10.1. The van der Waals surface area contributed by atoms with Crippen LogP contribution in [0.4, 0.5) is 35.9 Å². The van der Waals surface area contributed by atoms with Gasteiger partial charge >= 0.3 is 11.9 Å². The summed E-state index contributed by atoms with van der Waals surface area (Å²) in [5, 5.41) is 22.0. The average Bonchev–Trinajstić information content (AvgIpc) is 2.37. The van der Waals surface area contributed by atoms with Gasteiger partial charge in [0.25, 0.3) is 5.69 Å². The first-order valence-corrected chi connectivity index (χ1v) is 6.13. The van der Waals surface area contributed by atoms with Gasteiger partial charge in [-0.25, -0.2) is 0 Å². The van der Waals surface area contributed by atoms with Crippen molar-refractivity contribution in [3.8, 4) is 0 Å². The molecule has 0 aliphatic heterocycles. The third-order valence-corrected chi connectivity index (χ3v) is 3.06. The highest BCUT2D eigenvalue weighted by Gasteiger charge is 2.43. The predicted octanol–water partition coefficient (Wildman–Crippen LogP) is 2.95. The van der Waals surface area contributed by atoms with Crippen LogP contribution in [0.5, 0.6) is 0 Å². The zero-order valence-corrected chi connectivity index (χ0v) is 11.7. The van der Waals surface area contributed by atoms with Crippen LogP contribution in [0.25, 0.3) is 0 Å². The van der Waals surface area contributed by atoms with E-state index in [4.69, 9.17) is 5.73 Å². The van der Waals surface area contributed by atoms with Crippen molar-refractivity contribution >= 4 is 22.7 Å². The van der Waals surface area contributed by atoms with E-state index in [-0.39, 0.29) is 19.2 Å². The molecule has 0 saturated heterocycles. The molecular formula is C11H13F3N4O4. The van der Waals surface area contributed by atoms with Crippen LogP contribution >= 0.6 is 0 Å². The summed E-state index contributed by atoms with van der Waals surface area (Å²) in [5.74, 6) is 0. The molecule has 0 aromatic heterocycles. The maximum atomic E-state index is 13.2. The second-order valence-corrected chi connectivity index (χ2v) is 4.24. The lowest BCUT2D eigenvalue weighted by Gasteiger charge is -2.25. The molecule has 8 nitrogen and oxygen atoms in total. The molecule has 0 aliphatic rings. The summed E-state index contributed by atoms with van der Waals surface area (Å²) >= 11 is 0. The SMILES string of the molecule is CCN(CC)c1c(C(F)(F)F)cc([N+](=O)[O-])c(N)c1[N+](=O)[O-]. The molecule has 1 aromatic carbocycles. The van der Waals surface area contributed by atoms with Gasteiger partial charge in [0.15, 0.2) is 5.69 Å². The molecule has 0 spiro atoms. The highest BCUT2D eigenvalue weighted by atomic mass is 19.4. The van der Waals surface area contributed by atoms with E-state index in [1.807, 2.05) is 0 Å². The van der Waals surface area contributed by atoms with E-state index in [2.05, 4.69) is 0 Å². The van der Waals surface area contributed by atoms with E-state index in [0.717, 1.165) is 4.90 Å². The molecule has 0 fully saturated rings. The summed E-state index contributed by atoms with van der Waals surface area (Å²) in [4.78, 5) is 20.7. The zero-order chi connectivity index (χ0) is 17.2. The molecule has 1 rings (SSSR count). The van der Waals surface area contributed by atoms with Crippen molar-refractivity contribution in [3.63, 3.8) is 0 Å². The van der Waals surface area contributed by atoms with Crippen LogP contribution in [0.3, 0.4) is 0 Å². The Labute approximate surface area is 122 Å². The Kier molecular flexibility index (Phi) is 4.79. The van der Waals surface area contributed by atoms with Crippen LogP contribution in [-0.4, -0.2) is 22.9 Å². The number of nitro benzene ring substituents is 2. The standard InChI is InChI=1S/C11H13F3N4O4/c1-3-16(4-2)9-6(11(12,13)14)5-7(17(19)20)8(15)10(9)18(21)22/h5H,3-4,15H2,1-2H3. The van der Waals surface area contributed by atoms with Crippen LogP contribution in [0.1, 0.15) is 19.4 Å². The molecule has 22 heavy (non-hydrogen) atoms. The molecule has 11 heteroatoms. The van der Waals surface area contributed by atoms with Crippen LogP contribution in [0.2, 0.25) is 0 Å². The van der Waals surface area contributed by atoms with Crippen LogP contribution in [0.15, 0.2) is 6.07 Å². The van der Waals surface area contributed by atoms with Crippen molar-refractivity contribution in [1.82, 2.24) is 0 Å². The van der Waals surface area contributed by atoms with E-state index in [9.17, 15) is 33.4 Å². The topological polar surface area (TPSA) is 116 Å². The number of nitro groups is 2.